The molecular formula is C21H20F3N7O3S. The molecule has 0 bridgehead atoms. The van der Waals surface area contributed by atoms with Crippen LogP contribution in [-0.2, 0) is 24.6 Å². The van der Waals surface area contributed by atoms with Gasteiger partial charge in [-0.15, -0.1) is 11.3 Å². The summed E-state index contributed by atoms with van der Waals surface area (Å²) in [5.74, 6) is -0.394. The SMILES string of the molecule is CCn1c(=O)c2c(ncn2[C@@H](C)C(=O)Nc2csc(-c3cnc(C)c(C(F)(F)F)c3)n2)n(C)c1=O. The monoisotopic (exact) mass is 507 g/mol. The lowest BCUT2D eigenvalue weighted by Crippen LogP contribution is -2.39. The van der Waals surface area contributed by atoms with Gasteiger partial charge in [0.05, 0.1) is 11.9 Å². The minimum atomic E-state index is -4.55. The fourth-order valence-electron chi connectivity index (χ4n) is 3.62. The van der Waals surface area contributed by atoms with Crippen molar-refractivity contribution in [2.75, 3.05) is 5.32 Å². The minimum Gasteiger partial charge on any atom is -0.312 e. The van der Waals surface area contributed by atoms with Gasteiger partial charge in [0, 0.05) is 36.4 Å². The molecule has 184 valence electrons. The molecule has 0 saturated heterocycles. The van der Waals surface area contributed by atoms with Crippen LogP contribution in [0.2, 0.25) is 0 Å². The zero-order valence-electron chi connectivity index (χ0n) is 19.0. The summed E-state index contributed by atoms with van der Waals surface area (Å²) in [6, 6.07) is 0.0642. The van der Waals surface area contributed by atoms with E-state index in [2.05, 4.69) is 20.3 Å². The van der Waals surface area contributed by atoms with Crippen molar-refractivity contribution >= 4 is 34.2 Å². The molecule has 4 aromatic rings. The van der Waals surface area contributed by atoms with Crippen LogP contribution in [0, 0.1) is 6.92 Å². The fourth-order valence-corrected chi connectivity index (χ4v) is 4.35. The number of pyridine rings is 1. The summed E-state index contributed by atoms with van der Waals surface area (Å²) in [4.78, 5) is 50.2. The predicted molar refractivity (Wildman–Crippen MR) is 123 cm³/mol. The predicted octanol–water partition coefficient (Wildman–Crippen LogP) is 2.96. The third-order valence-corrected chi connectivity index (χ3v) is 6.46. The van der Waals surface area contributed by atoms with E-state index in [0.717, 1.165) is 22.0 Å². The number of thiazole rings is 1. The van der Waals surface area contributed by atoms with Gasteiger partial charge in [0.15, 0.2) is 11.2 Å². The van der Waals surface area contributed by atoms with E-state index in [-0.39, 0.29) is 39.8 Å². The molecule has 1 atom stereocenters. The molecule has 0 aliphatic rings. The van der Waals surface area contributed by atoms with Crippen LogP contribution in [0.5, 0.6) is 0 Å². The molecule has 14 heteroatoms. The third kappa shape index (κ3) is 4.24. The highest BCUT2D eigenvalue weighted by Crippen LogP contribution is 2.35. The van der Waals surface area contributed by atoms with E-state index in [1.807, 2.05) is 0 Å². The Morgan fingerprint density at radius 3 is 2.63 bits per heavy atom. The van der Waals surface area contributed by atoms with Crippen molar-refractivity contribution < 1.29 is 18.0 Å². The number of hydrogen-bond acceptors (Lipinski definition) is 7. The average Bonchev–Trinajstić information content (AvgIpc) is 3.44. The van der Waals surface area contributed by atoms with Crippen molar-refractivity contribution in [2.24, 2.45) is 7.05 Å². The first kappa shape index (κ1) is 24.3. The smallest absolute Gasteiger partial charge is 0.312 e. The Labute approximate surface area is 199 Å². The molecule has 4 rings (SSSR count). The second kappa shape index (κ2) is 8.76. The number of nitrogens with zero attached hydrogens (tertiary/aromatic N) is 6. The number of nitrogens with one attached hydrogen (secondary N) is 1. The largest absolute Gasteiger partial charge is 0.418 e. The summed E-state index contributed by atoms with van der Waals surface area (Å²) in [5, 5.41) is 4.35. The van der Waals surface area contributed by atoms with Gasteiger partial charge in [0.25, 0.3) is 5.56 Å². The molecule has 0 fully saturated rings. The van der Waals surface area contributed by atoms with Crippen molar-refractivity contribution in [3.05, 3.63) is 56.1 Å². The molecular weight excluding hydrogens is 487 g/mol. The van der Waals surface area contributed by atoms with E-state index in [9.17, 15) is 27.6 Å². The molecule has 0 aliphatic carbocycles. The van der Waals surface area contributed by atoms with Crippen molar-refractivity contribution in [1.82, 2.24) is 28.7 Å². The van der Waals surface area contributed by atoms with Crippen LogP contribution in [0.4, 0.5) is 19.0 Å². The zero-order valence-corrected chi connectivity index (χ0v) is 19.9. The van der Waals surface area contributed by atoms with Gasteiger partial charge in [-0.2, -0.15) is 13.2 Å². The first-order valence-electron chi connectivity index (χ1n) is 10.4. The molecule has 0 radical (unpaired) electrons. The molecule has 4 aromatic heterocycles. The first-order valence-corrected chi connectivity index (χ1v) is 11.3. The van der Waals surface area contributed by atoms with E-state index >= 15 is 0 Å². The first-order chi connectivity index (χ1) is 16.4. The number of carbonyl (C=O) groups is 1. The van der Waals surface area contributed by atoms with E-state index in [4.69, 9.17) is 0 Å². The number of halogens is 3. The number of aromatic nitrogens is 6. The minimum absolute atomic E-state index is 0.0981. The van der Waals surface area contributed by atoms with Crippen molar-refractivity contribution in [3.8, 4) is 10.6 Å². The lowest BCUT2D eigenvalue weighted by Gasteiger charge is -2.14. The van der Waals surface area contributed by atoms with Gasteiger partial charge in [0.2, 0.25) is 5.91 Å². The van der Waals surface area contributed by atoms with Crippen LogP contribution in [0.25, 0.3) is 21.7 Å². The van der Waals surface area contributed by atoms with Crippen LogP contribution in [0.3, 0.4) is 0 Å². The quantitative estimate of drug-likeness (QED) is 0.444. The summed E-state index contributed by atoms with van der Waals surface area (Å²) < 4.78 is 43.3. The van der Waals surface area contributed by atoms with Crippen LogP contribution in [-0.4, -0.2) is 34.6 Å². The zero-order chi connectivity index (χ0) is 25.7. The number of amides is 1. The van der Waals surface area contributed by atoms with Gasteiger partial charge >= 0.3 is 11.9 Å². The molecule has 0 aliphatic heterocycles. The van der Waals surface area contributed by atoms with Gasteiger partial charge in [-0.25, -0.2) is 14.8 Å². The Bertz CT molecular complexity index is 1570. The summed E-state index contributed by atoms with van der Waals surface area (Å²) in [6.07, 6.45) is -1.96. The highest BCUT2D eigenvalue weighted by Gasteiger charge is 2.33. The number of imidazole rings is 1. The van der Waals surface area contributed by atoms with Crippen molar-refractivity contribution in [1.29, 1.82) is 0 Å². The van der Waals surface area contributed by atoms with E-state index < -0.39 is 34.9 Å². The lowest BCUT2D eigenvalue weighted by atomic mass is 10.1. The fraction of sp³-hybridized carbons (Fsp3) is 0.333. The Hall–Kier alpha value is -3.81. The second-order valence-corrected chi connectivity index (χ2v) is 8.63. The summed E-state index contributed by atoms with van der Waals surface area (Å²) in [6.45, 7) is 4.63. The van der Waals surface area contributed by atoms with Gasteiger partial charge in [-0.05, 0) is 26.8 Å². The summed E-state index contributed by atoms with van der Waals surface area (Å²) in [5.41, 5.74) is -1.67. The maximum absolute atomic E-state index is 13.2. The number of anilines is 1. The van der Waals surface area contributed by atoms with Crippen LogP contribution >= 0.6 is 11.3 Å². The van der Waals surface area contributed by atoms with Gasteiger partial charge in [-0.3, -0.25) is 23.7 Å². The van der Waals surface area contributed by atoms with Crippen LogP contribution in [0.1, 0.15) is 31.1 Å². The van der Waals surface area contributed by atoms with E-state index in [1.165, 1.54) is 41.0 Å². The standard InChI is InChI=1S/C21H20F3N7O3S/c1-5-30-19(33)15-16(29(4)20(30)34)26-9-31(15)11(3)17(32)27-14-8-35-18(28-14)12-6-13(21(22,23)24)10(2)25-7-12/h6-9,11H,5H2,1-4H3,(H,27,32)/t11-/m0/s1. The molecule has 1 amide bonds. The van der Waals surface area contributed by atoms with Crippen LogP contribution < -0.4 is 16.6 Å². The summed E-state index contributed by atoms with van der Waals surface area (Å²) in [7, 11) is 1.49. The Morgan fingerprint density at radius 1 is 1.26 bits per heavy atom. The number of aryl methyl sites for hydroxylation is 2. The number of rotatable bonds is 5. The highest BCUT2D eigenvalue weighted by atomic mass is 32.1. The molecule has 35 heavy (non-hydrogen) atoms. The maximum atomic E-state index is 13.2. The topological polar surface area (TPSA) is 117 Å². The Morgan fingerprint density at radius 2 is 1.97 bits per heavy atom. The molecule has 4 heterocycles. The van der Waals surface area contributed by atoms with E-state index in [1.54, 1.807) is 13.8 Å². The second-order valence-electron chi connectivity index (χ2n) is 7.77. The van der Waals surface area contributed by atoms with Gasteiger partial charge < -0.3 is 9.88 Å². The van der Waals surface area contributed by atoms with E-state index in [0.29, 0.717) is 0 Å². The molecule has 0 spiro atoms. The average molecular weight is 507 g/mol. The number of hydrogen-bond donors (Lipinski definition) is 1. The van der Waals surface area contributed by atoms with Crippen LogP contribution in [0.15, 0.2) is 33.6 Å². The number of alkyl halides is 3. The molecule has 0 aromatic carbocycles. The number of fused-ring (bicyclic) bond motifs is 1. The molecule has 1 N–H and O–H groups in total. The lowest BCUT2D eigenvalue weighted by molar-refractivity contribution is -0.138. The normalized spacial score (nSPS) is 12.8. The third-order valence-electron chi connectivity index (χ3n) is 5.57. The van der Waals surface area contributed by atoms with Gasteiger partial charge in [-0.1, -0.05) is 0 Å². The molecule has 10 nitrogen and oxygen atoms in total. The highest BCUT2D eigenvalue weighted by molar-refractivity contribution is 7.13. The maximum Gasteiger partial charge on any atom is 0.418 e. The van der Waals surface area contributed by atoms with Crippen molar-refractivity contribution in [2.45, 2.75) is 39.5 Å². The molecule has 0 unspecified atom stereocenters. The Kier molecular flexibility index (Phi) is 6.09. The van der Waals surface area contributed by atoms with Crippen molar-refractivity contribution in [3.63, 3.8) is 0 Å². The summed E-state index contributed by atoms with van der Waals surface area (Å²) >= 11 is 1.05. The Balaban J connectivity index is 1.62. The number of carbonyl (C=O) groups excluding carboxylic acids is 1. The molecule has 0 saturated carbocycles. The van der Waals surface area contributed by atoms with Gasteiger partial charge in [0.1, 0.15) is 16.9 Å².